The highest BCUT2D eigenvalue weighted by molar-refractivity contribution is 7.89. The predicted molar refractivity (Wildman–Crippen MR) is 108 cm³/mol. The number of nitrogens with zero attached hydrogens (tertiary/aromatic N) is 3. The number of piperazine rings is 1. The number of hydrogen-bond donors (Lipinski definition) is 1. The molecule has 0 radical (unpaired) electrons. The maximum Gasteiger partial charge on any atom is 0.421 e. The summed E-state index contributed by atoms with van der Waals surface area (Å²) < 4.78 is 66.6. The number of benzene rings is 1. The minimum atomic E-state index is -4.88. The third kappa shape index (κ3) is 4.49. The quantitative estimate of drug-likeness (QED) is 0.753. The van der Waals surface area contributed by atoms with Gasteiger partial charge in [-0.2, -0.15) is 22.7 Å². The molecule has 0 bridgehead atoms. The molecule has 1 aliphatic heterocycles. The van der Waals surface area contributed by atoms with Gasteiger partial charge in [0.05, 0.1) is 11.0 Å². The standard InChI is InChI=1S/C21H24F3N3O3S/c1-15-14-26(18-7-3-16(13-25)4-8-18)11-12-27(15)31(29,30)19-9-5-17(6-10-19)20(2,28)21(22,23)24/h3,5-7,9-10,15,28H,4,8,11-12,14H2,1-2H3/t15?,20-/m1/s1. The van der Waals surface area contributed by atoms with Crippen LogP contribution in [0, 0.1) is 11.3 Å². The van der Waals surface area contributed by atoms with Crippen molar-refractivity contribution in [1.82, 2.24) is 9.21 Å². The van der Waals surface area contributed by atoms with E-state index in [1.165, 1.54) is 4.31 Å². The molecule has 2 atom stereocenters. The second-order valence-corrected chi connectivity index (χ2v) is 9.86. The topological polar surface area (TPSA) is 84.6 Å². The van der Waals surface area contributed by atoms with Crippen LogP contribution in [0.5, 0.6) is 0 Å². The number of aliphatic hydroxyl groups is 1. The lowest BCUT2D eigenvalue weighted by atomic mass is 9.96. The molecular weight excluding hydrogens is 431 g/mol. The molecule has 1 unspecified atom stereocenters. The summed E-state index contributed by atoms with van der Waals surface area (Å²) in [5.41, 5.74) is -1.72. The minimum absolute atomic E-state index is 0.118. The van der Waals surface area contributed by atoms with E-state index in [9.17, 15) is 26.7 Å². The molecule has 0 spiro atoms. The van der Waals surface area contributed by atoms with Crippen molar-refractivity contribution in [3.63, 3.8) is 0 Å². The van der Waals surface area contributed by atoms with Gasteiger partial charge in [0.1, 0.15) is 0 Å². The normalized spacial score (nSPS) is 22.9. The minimum Gasteiger partial charge on any atom is -0.376 e. The van der Waals surface area contributed by atoms with Gasteiger partial charge in [-0.15, -0.1) is 0 Å². The second kappa shape index (κ2) is 8.30. The maximum atomic E-state index is 13.1. The largest absolute Gasteiger partial charge is 0.421 e. The summed E-state index contributed by atoms with van der Waals surface area (Å²) in [5, 5.41) is 18.7. The number of sulfonamides is 1. The van der Waals surface area contributed by atoms with Crippen molar-refractivity contribution < 1.29 is 26.7 Å². The monoisotopic (exact) mass is 455 g/mol. The average Bonchev–Trinajstić information content (AvgIpc) is 2.73. The van der Waals surface area contributed by atoms with E-state index in [1.807, 2.05) is 6.08 Å². The highest BCUT2D eigenvalue weighted by atomic mass is 32.2. The zero-order valence-electron chi connectivity index (χ0n) is 17.2. The highest BCUT2D eigenvalue weighted by Gasteiger charge is 2.51. The second-order valence-electron chi connectivity index (χ2n) is 7.97. The van der Waals surface area contributed by atoms with Crippen molar-refractivity contribution in [2.75, 3.05) is 19.6 Å². The summed E-state index contributed by atoms with van der Waals surface area (Å²) >= 11 is 0. The van der Waals surface area contributed by atoms with Crippen molar-refractivity contribution in [2.24, 2.45) is 0 Å². The first-order valence-corrected chi connectivity index (χ1v) is 11.3. The number of hydrogen-bond acceptors (Lipinski definition) is 5. The molecule has 1 aliphatic carbocycles. The van der Waals surface area contributed by atoms with Crippen LogP contribution in [0.4, 0.5) is 13.2 Å². The summed E-state index contributed by atoms with van der Waals surface area (Å²) in [6.45, 7) is 3.60. The molecule has 10 heteroatoms. The number of alkyl halides is 3. The van der Waals surface area contributed by atoms with Gasteiger partial charge in [0.2, 0.25) is 10.0 Å². The fourth-order valence-corrected chi connectivity index (χ4v) is 5.41. The Morgan fingerprint density at radius 3 is 2.26 bits per heavy atom. The third-order valence-electron chi connectivity index (χ3n) is 5.82. The van der Waals surface area contributed by atoms with Gasteiger partial charge < -0.3 is 10.0 Å². The van der Waals surface area contributed by atoms with Crippen LogP contribution in [0.1, 0.15) is 32.3 Å². The third-order valence-corrected chi connectivity index (χ3v) is 7.85. The zero-order chi connectivity index (χ0) is 23.0. The van der Waals surface area contributed by atoms with E-state index in [1.54, 1.807) is 13.0 Å². The first-order valence-electron chi connectivity index (χ1n) is 9.84. The number of rotatable bonds is 4. The Balaban J connectivity index is 1.76. The van der Waals surface area contributed by atoms with Crippen LogP contribution in [0.3, 0.4) is 0 Å². The Labute approximate surface area is 179 Å². The Morgan fingerprint density at radius 2 is 1.77 bits per heavy atom. The van der Waals surface area contributed by atoms with Gasteiger partial charge in [0, 0.05) is 36.9 Å². The van der Waals surface area contributed by atoms with Crippen molar-refractivity contribution in [3.05, 3.63) is 53.3 Å². The first kappa shape index (κ1) is 23.3. The number of allylic oxidation sites excluding steroid dienone is 4. The smallest absolute Gasteiger partial charge is 0.376 e. The van der Waals surface area contributed by atoms with E-state index in [-0.39, 0.29) is 17.5 Å². The lowest BCUT2D eigenvalue weighted by Crippen LogP contribution is -2.53. The van der Waals surface area contributed by atoms with Crippen molar-refractivity contribution in [3.8, 4) is 6.07 Å². The van der Waals surface area contributed by atoms with Crippen LogP contribution in [-0.4, -0.2) is 54.6 Å². The molecule has 168 valence electrons. The van der Waals surface area contributed by atoms with E-state index in [0.717, 1.165) is 36.4 Å². The van der Waals surface area contributed by atoms with Crippen LogP contribution in [-0.2, 0) is 15.6 Å². The van der Waals surface area contributed by atoms with Crippen molar-refractivity contribution in [1.29, 1.82) is 5.26 Å². The fourth-order valence-electron chi connectivity index (χ4n) is 3.79. The van der Waals surface area contributed by atoms with Crippen molar-refractivity contribution in [2.45, 2.75) is 49.4 Å². The lowest BCUT2D eigenvalue weighted by Gasteiger charge is -2.41. The van der Waals surface area contributed by atoms with Gasteiger partial charge in [-0.3, -0.25) is 0 Å². The zero-order valence-corrected chi connectivity index (χ0v) is 18.0. The van der Waals surface area contributed by atoms with E-state index >= 15 is 0 Å². The molecule has 1 saturated heterocycles. The van der Waals surface area contributed by atoms with Crippen LogP contribution in [0.25, 0.3) is 0 Å². The summed E-state index contributed by atoms with van der Waals surface area (Å²) in [5.74, 6) is 0. The van der Waals surface area contributed by atoms with Gasteiger partial charge >= 0.3 is 6.18 Å². The molecule has 0 aromatic heterocycles. The predicted octanol–water partition coefficient (Wildman–Crippen LogP) is 3.28. The molecule has 0 amide bonds. The first-order chi connectivity index (χ1) is 14.4. The highest BCUT2D eigenvalue weighted by Crippen LogP contribution is 2.38. The molecule has 1 fully saturated rings. The molecule has 2 aliphatic rings. The Bertz CT molecular complexity index is 1040. The van der Waals surface area contributed by atoms with Crippen LogP contribution >= 0.6 is 0 Å². The number of halogens is 3. The lowest BCUT2D eigenvalue weighted by molar-refractivity contribution is -0.258. The van der Waals surface area contributed by atoms with Gasteiger partial charge in [0.25, 0.3) is 0 Å². The van der Waals surface area contributed by atoms with E-state index in [4.69, 9.17) is 5.26 Å². The molecule has 3 rings (SSSR count). The summed E-state index contributed by atoms with van der Waals surface area (Å²) in [4.78, 5) is 1.98. The van der Waals surface area contributed by atoms with Gasteiger partial charge in [-0.05, 0) is 56.5 Å². The van der Waals surface area contributed by atoms with E-state index in [0.29, 0.717) is 32.0 Å². The Morgan fingerprint density at radius 1 is 1.13 bits per heavy atom. The molecule has 6 nitrogen and oxygen atoms in total. The fraction of sp³-hybridized carbons (Fsp3) is 0.476. The maximum absolute atomic E-state index is 13.1. The Hall–Kier alpha value is -2.35. The SMILES string of the molecule is CC1CN(C2=CC=C(C#N)CC2)CCN1S(=O)(=O)c1ccc([C@@](C)(O)C(F)(F)F)cc1. The van der Waals surface area contributed by atoms with Gasteiger partial charge in [-0.1, -0.05) is 12.1 Å². The van der Waals surface area contributed by atoms with Crippen molar-refractivity contribution >= 4 is 10.0 Å². The molecule has 1 heterocycles. The number of nitriles is 1. The van der Waals surface area contributed by atoms with Crippen LogP contribution in [0.15, 0.2) is 52.6 Å². The Kier molecular flexibility index (Phi) is 6.24. The summed E-state index contributed by atoms with van der Waals surface area (Å²) in [7, 11) is -3.91. The summed E-state index contributed by atoms with van der Waals surface area (Å²) in [6, 6.07) is 5.97. The van der Waals surface area contributed by atoms with E-state index in [2.05, 4.69) is 11.0 Å². The van der Waals surface area contributed by atoms with Gasteiger partial charge in [-0.25, -0.2) is 8.42 Å². The molecular formula is C21H24F3N3O3S. The van der Waals surface area contributed by atoms with Gasteiger partial charge in [0.15, 0.2) is 5.60 Å². The van der Waals surface area contributed by atoms with Crippen LogP contribution in [0.2, 0.25) is 0 Å². The van der Waals surface area contributed by atoms with E-state index < -0.39 is 27.4 Å². The molecule has 1 aromatic carbocycles. The summed E-state index contributed by atoms with van der Waals surface area (Å²) in [6.07, 6.45) is 0.173. The average molecular weight is 456 g/mol. The molecule has 1 N–H and O–H groups in total. The molecule has 1 aromatic rings. The molecule has 31 heavy (non-hydrogen) atoms. The van der Waals surface area contributed by atoms with Crippen LogP contribution < -0.4 is 0 Å². The molecule has 0 saturated carbocycles.